The van der Waals surface area contributed by atoms with Crippen molar-refractivity contribution in [3.05, 3.63) is 65.7 Å². The van der Waals surface area contributed by atoms with Crippen molar-refractivity contribution in [1.82, 2.24) is 9.21 Å². The molecule has 0 bridgehead atoms. The highest BCUT2D eigenvalue weighted by Gasteiger charge is 2.27. The molecule has 0 aromatic heterocycles. The Morgan fingerprint density at radius 3 is 2.30 bits per heavy atom. The molecule has 0 saturated carbocycles. The van der Waals surface area contributed by atoms with E-state index in [1.54, 1.807) is 24.3 Å². The maximum absolute atomic E-state index is 13.1. The smallest absolute Gasteiger partial charge is 0.253 e. The Labute approximate surface area is 178 Å². The van der Waals surface area contributed by atoms with Crippen LogP contribution in [-0.2, 0) is 14.8 Å². The molecule has 2 aliphatic rings. The van der Waals surface area contributed by atoms with Gasteiger partial charge in [0.2, 0.25) is 10.0 Å². The molecule has 0 N–H and O–H groups in total. The molecule has 2 heterocycles. The van der Waals surface area contributed by atoms with Crippen molar-refractivity contribution in [3.8, 4) is 0 Å². The predicted octanol–water partition coefficient (Wildman–Crippen LogP) is 3.12. The van der Waals surface area contributed by atoms with Crippen LogP contribution in [0.2, 0.25) is 0 Å². The molecule has 6 nitrogen and oxygen atoms in total. The molecule has 30 heavy (non-hydrogen) atoms. The van der Waals surface area contributed by atoms with E-state index in [9.17, 15) is 13.2 Å². The zero-order valence-corrected chi connectivity index (χ0v) is 17.9. The minimum absolute atomic E-state index is 0.0341. The molecule has 7 heteroatoms. The van der Waals surface area contributed by atoms with Crippen LogP contribution in [0.1, 0.15) is 41.1 Å². The van der Waals surface area contributed by atoms with Gasteiger partial charge in [0.15, 0.2) is 0 Å². The van der Waals surface area contributed by atoms with Crippen molar-refractivity contribution in [3.63, 3.8) is 0 Å². The van der Waals surface area contributed by atoms with Crippen LogP contribution in [-0.4, -0.2) is 62.9 Å². The third-order valence-electron chi connectivity index (χ3n) is 5.94. The first-order chi connectivity index (χ1) is 14.6. The number of amides is 1. The number of rotatable bonds is 4. The molecular formula is C23H28N2O4S. The summed E-state index contributed by atoms with van der Waals surface area (Å²) in [6.07, 6.45) is 3.16. The summed E-state index contributed by atoms with van der Waals surface area (Å²) in [4.78, 5) is 15.3. The van der Waals surface area contributed by atoms with E-state index in [0.29, 0.717) is 44.3 Å². The lowest BCUT2D eigenvalue weighted by Crippen LogP contribution is -2.40. The second kappa shape index (κ2) is 9.29. The Balaban J connectivity index is 1.49. The molecule has 2 saturated heterocycles. The van der Waals surface area contributed by atoms with Crippen molar-refractivity contribution in [1.29, 1.82) is 0 Å². The summed E-state index contributed by atoms with van der Waals surface area (Å²) >= 11 is 0. The molecule has 2 fully saturated rings. The van der Waals surface area contributed by atoms with Gasteiger partial charge in [-0.3, -0.25) is 4.79 Å². The fourth-order valence-corrected chi connectivity index (χ4v) is 5.62. The van der Waals surface area contributed by atoms with Gasteiger partial charge in [-0.25, -0.2) is 8.42 Å². The molecule has 2 aromatic carbocycles. The lowest BCUT2D eigenvalue weighted by Gasteiger charge is -2.26. The number of carbonyl (C=O) groups excluding carboxylic acids is 1. The van der Waals surface area contributed by atoms with E-state index in [2.05, 4.69) is 12.1 Å². The van der Waals surface area contributed by atoms with E-state index >= 15 is 0 Å². The van der Waals surface area contributed by atoms with E-state index in [1.165, 1.54) is 9.87 Å². The average Bonchev–Trinajstić information content (AvgIpc) is 3.06. The van der Waals surface area contributed by atoms with Crippen molar-refractivity contribution in [2.45, 2.75) is 30.1 Å². The quantitative estimate of drug-likeness (QED) is 0.751. The molecule has 2 aliphatic heterocycles. The second-order valence-corrected chi connectivity index (χ2v) is 9.83. The highest BCUT2D eigenvalue weighted by Crippen LogP contribution is 2.27. The largest absolute Gasteiger partial charge is 0.379 e. The van der Waals surface area contributed by atoms with Crippen molar-refractivity contribution < 1.29 is 17.9 Å². The van der Waals surface area contributed by atoms with Crippen LogP contribution in [0.15, 0.2) is 59.5 Å². The highest BCUT2D eigenvalue weighted by atomic mass is 32.2. The van der Waals surface area contributed by atoms with Gasteiger partial charge in [-0.15, -0.1) is 0 Å². The Kier molecular flexibility index (Phi) is 6.51. The fourth-order valence-electron chi connectivity index (χ4n) is 4.21. The Morgan fingerprint density at radius 2 is 1.60 bits per heavy atom. The summed E-state index contributed by atoms with van der Waals surface area (Å²) in [6, 6.07) is 16.7. The molecule has 2 aromatic rings. The van der Waals surface area contributed by atoms with E-state index in [0.717, 1.165) is 25.8 Å². The topological polar surface area (TPSA) is 66.9 Å². The third-order valence-corrected chi connectivity index (χ3v) is 7.85. The van der Waals surface area contributed by atoms with Gasteiger partial charge < -0.3 is 9.64 Å². The highest BCUT2D eigenvalue weighted by molar-refractivity contribution is 7.89. The van der Waals surface area contributed by atoms with E-state index < -0.39 is 10.0 Å². The molecule has 1 atom stereocenters. The zero-order chi connectivity index (χ0) is 21.0. The van der Waals surface area contributed by atoms with Gasteiger partial charge in [-0.05, 0) is 42.7 Å². The number of nitrogens with zero attached hydrogens (tertiary/aromatic N) is 2. The number of carbonyl (C=O) groups is 1. The standard InChI is InChI=1S/C23H28N2O4S/c26-23(24-13-5-4-8-21(18-24)19-6-2-1-3-7-19)20-9-11-22(12-10-20)30(27,28)25-14-16-29-17-15-25/h1-3,6-7,9-12,21H,4-5,8,13-18H2. The molecule has 4 rings (SSSR count). The summed E-state index contributed by atoms with van der Waals surface area (Å²) < 4.78 is 32.3. The van der Waals surface area contributed by atoms with Crippen LogP contribution in [0, 0.1) is 0 Å². The van der Waals surface area contributed by atoms with Gasteiger partial charge in [-0.1, -0.05) is 36.8 Å². The second-order valence-electron chi connectivity index (χ2n) is 7.90. The number of benzene rings is 2. The first kappa shape index (κ1) is 21.0. The molecule has 0 spiro atoms. The zero-order valence-electron chi connectivity index (χ0n) is 17.1. The van der Waals surface area contributed by atoms with Crippen molar-refractivity contribution in [2.24, 2.45) is 0 Å². The number of hydrogen-bond acceptors (Lipinski definition) is 4. The van der Waals surface area contributed by atoms with Crippen molar-refractivity contribution in [2.75, 3.05) is 39.4 Å². The van der Waals surface area contributed by atoms with E-state index in [-0.39, 0.29) is 10.8 Å². The summed E-state index contributed by atoms with van der Waals surface area (Å²) in [5.74, 6) is 0.298. The first-order valence-electron chi connectivity index (χ1n) is 10.6. The van der Waals surface area contributed by atoms with Gasteiger partial charge in [0.25, 0.3) is 5.91 Å². The van der Waals surface area contributed by atoms with Gasteiger partial charge >= 0.3 is 0 Å². The maximum atomic E-state index is 13.1. The summed E-state index contributed by atoms with van der Waals surface area (Å²) in [6.45, 7) is 2.96. The third kappa shape index (κ3) is 4.58. The van der Waals surface area contributed by atoms with E-state index in [1.807, 2.05) is 23.1 Å². The van der Waals surface area contributed by atoms with Crippen LogP contribution < -0.4 is 0 Å². The number of morpholine rings is 1. The molecule has 0 aliphatic carbocycles. The van der Waals surface area contributed by atoms with Crippen molar-refractivity contribution >= 4 is 15.9 Å². The Morgan fingerprint density at radius 1 is 0.900 bits per heavy atom. The van der Waals surface area contributed by atoms with Gasteiger partial charge in [0, 0.05) is 37.7 Å². The summed E-state index contributed by atoms with van der Waals surface area (Å²) in [5, 5.41) is 0. The minimum atomic E-state index is -3.55. The number of likely N-dealkylation sites (tertiary alicyclic amines) is 1. The predicted molar refractivity (Wildman–Crippen MR) is 115 cm³/mol. The maximum Gasteiger partial charge on any atom is 0.253 e. The van der Waals surface area contributed by atoms with Gasteiger partial charge in [-0.2, -0.15) is 4.31 Å². The molecule has 1 amide bonds. The van der Waals surface area contributed by atoms with Crippen LogP contribution >= 0.6 is 0 Å². The van der Waals surface area contributed by atoms with Gasteiger partial charge in [0.1, 0.15) is 0 Å². The van der Waals surface area contributed by atoms with Crippen LogP contribution in [0.25, 0.3) is 0 Å². The van der Waals surface area contributed by atoms with Crippen LogP contribution in [0.3, 0.4) is 0 Å². The molecule has 0 radical (unpaired) electrons. The van der Waals surface area contributed by atoms with Crippen LogP contribution in [0.4, 0.5) is 0 Å². The van der Waals surface area contributed by atoms with Crippen LogP contribution in [0.5, 0.6) is 0 Å². The van der Waals surface area contributed by atoms with Gasteiger partial charge in [0.05, 0.1) is 18.1 Å². The molecule has 160 valence electrons. The SMILES string of the molecule is O=C(c1ccc(S(=O)(=O)N2CCOCC2)cc1)N1CCCCC(c2ccccc2)C1. The fraction of sp³-hybridized carbons (Fsp3) is 0.435. The average molecular weight is 429 g/mol. The Hall–Kier alpha value is -2.22. The monoisotopic (exact) mass is 428 g/mol. The lowest BCUT2D eigenvalue weighted by atomic mass is 9.94. The number of ether oxygens (including phenoxy) is 1. The number of hydrogen-bond donors (Lipinski definition) is 0. The molecular weight excluding hydrogens is 400 g/mol. The molecule has 1 unspecified atom stereocenters. The first-order valence-corrected chi connectivity index (χ1v) is 12.0. The normalized spacial score (nSPS) is 21.2. The summed E-state index contributed by atoms with van der Waals surface area (Å²) in [5.41, 5.74) is 1.80. The Bertz CT molecular complexity index is 954. The minimum Gasteiger partial charge on any atom is -0.379 e. The number of sulfonamides is 1. The van der Waals surface area contributed by atoms with E-state index in [4.69, 9.17) is 4.74 Å². The summed E-state index contributed by atoms with van der Waals surface area (Å²) in [7, 11) is -3.55. The lowest BCUT2D eigenvalue weighted by molar-refractivity contribution is 0.0730.